The lowest BCUT2D eigenvalue weighted by molar-refractivity contribution is -0.154. The number of phenols is 1. The lowest BCUT2D eigenvalue weighted by Gasteiger charge is -2.19. The van der Waals surface area contributed by atoms with E-state index in [1.54, 1.807) is 37.3 Å². The monoisotopic (exact) mass is 395 g/mol. The van der Waals surface area contributed by atoms with Gasteiger partial charge in [0, 0.05) is 10.0 Å². The number of benzene rings is 2. The first kappa shape index (κ1) is 20.1. The van der Waals surface area contributed by atoms with Gasteiger partial charge >= 0.3 is 5.97 Å². The molecule has 2 atom stereocenters. The number of esters is 1. The van der Waals surface area contributed by atoms with Crippen LogP contribution in [0.4, 0.5) is 0 Å². The molecule has 0 unspecified atom stereocenters. The maximum Gasteiger partial charge on any atom is 0.311 e. The van der Waals surface area contributed by atoms with Gasteiger partial charge in [-0.25, -0.2) is 0 Å². The normalized spacial score (nSPS) is 12.9. The van der Waals surface area contributed by atoms with Crippen LogP contribution in [0.15, 0.2) is 42.5 Å². The lowest BCUT2D eigenvalue weighted by Crippen LogP contribution is -2.37. The largest absolute Gasteiger partial charge is 0.508 e. The summed E-state index contributed by atoms with van der Waals surface area (Å²) in [4.78, 5) is 24.2. The third-order valence-electron chi connectivity index (χ3n) is 3.75. The van der Waals surface area contributed by atoms with Crippen LogP contribution in [0.25, 0.3) is 0 Å². The summed E-state index contributed by atoms with van der Waals surface area (Å²) in [6, 6.07) is 10.8. The van der Waals surface area contributed by atoms with Gasteiger partial charge in [0.15, 0.2) is 6.10 Å². The van der Waals surface area contributed by atoms with E-state index in [2.05, 4.69) is 5.32 Å². The maximum atomic E-state index is 12.2. The van der Waals surface area contributed by atoms with Crippen LogP contribution in [0.1, 0.15) is 31.0 Å². The molecule has 2 N–H and O–H groups in total. The minimum Gasteiger partial charge on any atom is -0.508 e. The summed E-state index contributed by atoms with van der Waals surface area (Å²) in [7, 11) is 0. The number of nitrogens with one attached hydrogen (secondary N) is 1. The Balaban J connectivity index is 1.90. The Morgan fingerprint density at radius 1 is 1.12 bits per heavy atom. The van der Waals surface area contributed by atoms with Crippen molar-refractivity contribution in [3.63, 3.8) is 0 Å². The number of phenolic OH excluding ortho intramolecular Hbond substituents is 1. The first-order chi connectivity index (χ1) is 12.3. The molecule has 2 rings (SSSR count). The number of amides is 1. The first-order valence-corrected chi connectivity index (χ1v) is 8.74. The van der Waals surface area contributed by atoms with Crippen LogP contribution >= 0.6 is 23.2 Å². The zero-order valence-electron chi connectivity index (χ0n) is 14.3. The molecule has 0 saturated heterocycles. The molecule has 0 aromatic heterocycles. The Morgan fingerprint density at radius 3 is 2.38 bits per heavy atom. The van der Waals surface area contributed by atoms with Crippen molar-refractivity contribution in [2.45, 2.75) is 32.4 Å². The van der Waals surface area contributed by atoms with Crippen molar-refractivity contribution < 1.29 is 19.4 Å². The minimum absolute atomic E-state index is 0.0104. The quantitative estimate of drug-likeness (QED) is 0.723. The van der Waals surface area contributed by atoms with E-state index in [4.69, 9.17) is 27.9 Å². The van der Waals surface area contributed by atoms with Crippen LogP contribution in [-0.2, 0) is 20.7 Å². The predicted octanol–water partition coefficient (Wildman–Crippen LogP) is 4.05. The summed E-state index contributed by atoms with van der Waals surface area (Å²) in [5.41, 5.74) is 1.40. The highest BCUT2D eigenvalue weighted by atomic mass is 35.5. The van der Waals surface area contributed by atoms with E-state index in [1.165, 1.54) is 19.1 Å². The summed E-state index contributed by atoms with van der Waals surface area (Å²) in [6.45, 7) is 3.28. The highest BCUT2D eigenvalue weighted by Gasteiger charge is 2.21. The SMILES string of the molecule is C[C@H](OC(=O)Cc1ccc(O)cc1)C(=O)N[C@H](C)c1ccc(Cl)cc1Cl. The highest BCUT2D eigenvalue weighted by Crippen LogP contribution is 2.26. The van der Waals surface area contributed by atoms with Gasteiger partial charge in [-0.2, -0.15) is 0 Å². The molecule has 2 aromatic rings. The summed E-state index contributed by atoms with van der Waals surface area (Å²) < 4.78 is 5.16. The fourth-order valence-corrected chi connectivity index (χ4v) is 2.91. The van der Waals surface area contributed by atoms with Crippen LogP contribution < -0.4 is 5.32 Å². The third-order valence-corrected chi connectivity index (χ3v) is 4.31. The average Bonchev–Trinajstić information content (AvgIpc) is 2.56. The standard InChI is InChI=1S/C19H19Cl2NO4/c1-11(16-8-5-14(20)10-17(16)21)22-19(25)12(2)26-18(24)9-13-3-6-15(23)7-4-13/h3-8,10-12,23H,9H2,1-2H3,(H,22,25)/t11-,12+/m1/s1. The molecule has 2 aromatic carbocycles. The van der Waals surface area contributed by atoms with Gasteiger partial charge in [0.25, 0.3) is 5.91 Å². The van der Waals surface area contributed by atoms with Crippen LogP contribution in [0, 0.1) is 0 Å². The van der Waals surface area contributed by atoms with Crippen LogP contribution in [0.3, 0.4) is 0 Å². The van der Waals surface area contributed by atoms with Gasteiger partial charge in [-0.3, -0.25) is 9.59 Å². The van der Waals surface area contributed by atoms with Crippen molar-refractivity contribution in [2.24, 2.45) is 0 Å². The number of hydrogen-bond donors (Lipinski definition) is 2. The van der Waals surface area contributed by atoms with E-state index in [0.717, 1.165) is 0 Å². The van der Waals surface area contributed by atoms with E-state index in [-0.39, 0.29) is 18.2 Å². The summed E-state index contributed by atoms with van der Waals surface area (Å²) in [6.07, 6.45) is -0.940. The van der Waals surface area contributed by atoms with Gasteiger partial charge in [-0.1, -0.05) is 41.4 Å². The van der Waals surface area contributed by atoms with Gasteiger partial charge in [0.05, 0.1) is 12.5 Å². The van der Waals surface area contributed by atoms with Crippen LogP contribution in [0.5, 0.6) is 5.75 Å². The van der Waals surface area contributed by atoms with Crippen molar-refractivity contribution in [1.29, 1.82) is 0 Å². The number of rotatable bonds is 6. The van der Waals surface area contributed by atoms with E-state index in [1.807, 2.05) is 0 Å². The highest BCUT2D eigenvalue weighted by molar-refractivity contribution is 6.35. The van der Waals surface area contributed by atoms with Gasteiger partial charge in [-0.15, -0.1) is 0 Å². The maximum absolute atomic E-state index is 12.2. The second-order valence-corrected chi connectivity index (χ2v) is 6.72. The zero-order valence-corrected chi connectivity index (χ0v) is 15.8. The molecule has 0 aliphatic rings. The molecule has 0 radical (unpaired) electrons. The second kappa shape index (κ2) is 8.92. The molecule has 0 heterocycles. The molecule has 138 valence electrons. The van der Waals surface area contributed by atoms with Gasteiger partial charge in [0.1, 0.15) is 5.75 Å². The summed E-state index contributed by atoms with van der Waals surface area (Å²) in [5, 5.41) is 12.9. The van der Waals surface area contributed by atoms with Gasteiger partial charge in [-0.05, 0) is 49.2 Å². The van der Waals surface area contributed by atoms with Crippen molar-refractivity contribution in [2.75, 3.05) is 0 Å². The Hall–Kier alpha value is -2.24. The molecule has 0 aliphatic carbocycles. The summed E-state index contributed by atoms with van der Waals surface area (Å²) in [5.74, 6) is -0.845. The molecule has 0 fully saturated rings. The molecule has 5 nitrogen and oxygen atoms in total. The molecule has 0 bridgehead atoms. The third kappa shape index (κ3) is 5.64. The van der Waals surface area contributed by atoms with Crippen molar-refractivity contribution >= 4 is 35.1 Å². The average molecular weight is 396 g/mol. The molecule has 0 aliphatic heterocycles. The first-order valence-electron chi connectivity index (χ1n) is 7.99. The molecule has 0 saturated carbocycles. The van der Waals surface area contributed by atoms with E-state index in [0.29, 0.717) is 21.2 Å². The fourth-order valence-electron chi connectivity index (χ4n) is 2.33. The molecule has 0 spiro atoms. The smallest absolute Gasteiger partial charge is 0.311 e. The van der Waals surface area contributed by atoms with E-state index in [9.17, 15) is 14.7 Å². The number of carbonyl (C=O) groups is 2. The fraction of sp³-hybridized carbons (Fsp3) is 0.263. The van der Waals surface area contributed by atoms with Gasteiger partial charge in [0.2, 0.25) is 0 Å². The second-order valence-electron chi connectivity index (χ2n) is 5.87. The number of ether oxygens (including phenoxy) is 1. The van der Waals surface area contributed by atoms with E-state index >= 15 is 0 Å². The Bertz CT molecular complexity index is 793. The number of halogens is 2. The van der Waals surface area contributed by atoms with E-state index < -0.39 is 18.0 Å². The Morgan fingerprint density at radius 2 is 1.77 bits per heavy atom. The zero-order chi connectivity index (χ0) is 19.3. The van der Waals surface area contributed by atoms with Gasteiger partial charge < -0.3 is 15.2 Å². The molecular weight excluding hydrogens is 377 g/mol. The molecular formula is C19H19Cl2NO4. The van der Waals surface area contributed by atoms with Crippen molar-refractivity contribution in [3.05, 3.63) is 63.6 Å². The van der Waals surface area contributed by atoms with Crippen molar-refractivity contribution in [1.82, 2.24) is 5.32 Å². The van der Waals surface area contributed by atoms with Crippen LogP contribution in [-0.4, -0.2) is 23.1 Å². The number of carbonyl (C=O) groups excluding carboxylic acids is 2. The Kier molecular flexibility index (Phi) is 6.89. The Labute approximate surface area is 161 Å². The molecule has 1 amide bonds. The number of hydrogen-bond acceptors (Lipinski definition) is 4. The molecule has 26 heavy (non-hydrogen) atoms. The summed E-state index contributed by atoms with van der Waals surface area (Å²) >= 11 is 12.0. The van der Waals surface area contributed by atoms with Crippen molar-refractivity contribution in [3.8, 4) is 5.75 Å². The molecule has 7 heteroatoms. The lowest BCUT2D eigenvalue weighted by atomic mass is 10.1. The predicted molar refractivity (Wildman–Crippen MR) is 100 cm³/mol. The topological polar surface area (TPSA) is 75.6 Å². The minimum atomic E-state index is -0.951. The number of aromatic hydroxyl groups is 1. The van der Waals surface area contributed by atoms with Crippen LogP contribution in [0.2, 0.25) is 10.0 Å².